The van der Waals surface area contributed by atoms with Crippen molar-refractivity contribution in [1.82, 2.24) is 21.0 Å². The zero-order valence-electron chi connectivity index (χ0n) is 25.1. The predicted molar refractivity (Wildman–Crippen MR) is 167 cm³/mol. The molecule has 2 rings (SSSR count). The zero-order valence-corrected chi connectivity index (χ0v) is 25.1. The molecule has 0 unspecified atom stereocenters. The fraction of sp³-hybridized carbons (Fsp3) is 0.531. The quantitative estimate of drug-likeness (QED) is 0.0528. The second-order valence-corrected chi connectivity index (χ2v) is 10.9. The Kier molecular flexibility index (Phi) is 13.7. The molecule has 0 aromatic rings. The highest BCUT2D eigenvalue weighted by Crippen LogP contribution is 2.24. The van der Waals surface area contributed by atoms with Gasteiger partial charge in [-0.1, -0.05) is 47.4 Å². The van der Waals surface area contributed by atoms with Crippen LogP contribution >= 0.6 is 0 Å². The van der Waals surface area contributed by atoms with E-state index in [1.54, 1.807) is 7.05 Å². The van der Waals surface area contributed by atoms with E-state index in [0.29, 0.717) is 37.2 Å². The van der Waals surface area contributed by atoms with E-state index in [-0.39, 0.29) is 0 Å². The van der Waals surface area contributed by atoms with Crippen LogP contribution in [-0.2, 0) is 0 Å². The second-order valence-electron chi connectivity index (χ2n) is 10.9. The van der Waals surface area contributed by atoms with Crippen molar-refractivity contribution < 1.29 is 0 Å². The molecule has 0 aromatic heterocycles. The van der Waals surface area contributed by atoms with Crippen LogP contribution in [0.15, 0.2) is 74.8 Å². The highest BCUT2D eigenvalue weighted by Gasteiger charge is 2.14. The predicted octanol–water partition coefficient (Wildman–Crippen LogP) is 4.76. The molecule has 7 N–H and O–H groups in total. The van der Waals surface area contributed by atoms with Gasteiger partial charge in [0.1, 0.15) is 5.82 Å². The number of guanidine groups is 1. The second kappa shape index (κ2) is 16.7. The van der Waals surface area contributed by atoms with Crippen molar-refractivity contribution >= 4 is 5.96 Å². The molecule has 0 atom stereocenters. The van der Waals surface area contributed by atoms with Crippen LogP contribution in [0, 0.1) is 17.8 Å². The number of piperidine rings is 1. The zero-order chi connectivity index (χ0) is 28.8. The fourth-order valence-electron chi connectivity index (χ4n) is 4.78. The molecule has 7 nitrogen and oxygen atoms in total. The molecular weight excluding hydrogens is 482 g/mol. The average molecular weight is 534 g/mol. The van der Waals surface area contributed by atoms with Crippen LogP contribution < -0.4 is 27.5 Å². The van der Waals surface area contributed by atoms with Gasteiger partial charge in [0.05, 0.1) is 0 Å². The van der Waals surface area contributed by atoms with E-state index in [1.165, 1.54) is 45.8 Å². The first kappa shape index (κ1) is 32.0. The SMILES string of the molecule is C=C1C/C=C(/C)C/C(NC/C(C)=C(/N=C(\N)NC/C(=C/C=C(\C)C2CCNCC2)CC#CC)N(C)N)=C(/C)C1. The van der Waals surface area contributed by atoms with Crippen LogP contribution in [0.1, 0.15) is 73.1 Å². The Morgan fingerprint density at radius 2 is 1.92 bits per heavy atom. The molecule has 214 valence electrons. The van der Waals surface area contributed by atoms with Crippen molar-refractivity contribution in [3.8, 4) is 11.8 Å². The molecule has 0 saturated carbocycles. The molecule has 1 fully saturated rings. The number of nitrogens with one attached hydrogen (secondary N) is 3. The third-order valence-electron chi connectivity index (χ3n) is 7.29. The minimum absolute atomic E-state index is 0.326. The van der Waals surface area contributed by atoms with Crippen molar-refractivity contribution in [2.24, 2.45) is 22.5 Å². The summed E-state index contributed by atoms with van der Waals surface area (Å²) in [6, 6.07) is 0. The highest BCUT2D eigenvalue weighted by molar-refractivity contribution is 5.79. The lowest BCUT2D eigenvalue weighted by Gasteiger charge is -2.23. The topological polar surface area (TPSA) is 104 Å². The molecule has 1 aliphatic heterocycles. The molecule has 1 saturated heterocycles. The van der Waals surface area contributed by atoms with Crippen molar-refractivity contribution in [3.63, 3.8) is 0 Å². The van der Waals surface area contributed by atoms with E-state index in [4.69, 9.17) is 11.6 Å². The first-order chi connectivity index (χ1) is 18.6. The van der Waals surface area contributed by atoms with Gasteiger partial charge in [-0.15, -0.1) is 5.92 Å². The van der Waals surface area contributed by atoms with E-state index < -0.39 is 0 Å². The van der Waals surface area contributed by atoms with Crippen LogP contribution in [-0.4, -0.2) is 44.2 Å². The van der Waals surface area contributed by atoms with Gasteiger partial charge >= 0.3 is 0 Å². The maximum atomic E-state index is 6.32. The normalized spacial score (nSPS) is 22.1. The first-order valence-electron chi connectivity index (χ1n) is 14.1. The van der Waals surface area contributed by atoms with Crippen molar-refractivity contribution in [2.45, 2.75) is 73.1 Å². The van der Waals surface area contributed by atoms with Gasteiger partial charge in [0.2, 0.25) is 0 Å². The van der Waals surface area contributed by atoms with Crippen molar-refractivity contribution in [2.75, 3.05) is 33.2 Å². The van der Waals surface area contributed by atoms with Gasteiger partial charge in [-0.3, -0.25) is 5.01 Å². The molecule has 0 spiro atoms. The van der Waals surface area contributed by atoms with E-state index in [1.807, 2.05) is 13.8 Å². The monoisotopic (exact) mass is 533 g/mol. The van der Waals surface area contributed by atoms with Gasteiger partial charge in [-0.05, 0) is 96.0 Å². The number of nitrogens with two attached hydrogens (primary N) is 2. The summed E-state index contributed by atoms with van der Waals surface area (Å²) in [5.74, 6) is 13.9. The summed E-state index contributed by atoms with van der Waals surface area (Å²) in [6.45, 7) is 18.1. The smallest absolute Gasteiger partial charge is 0.195 e. The Balaban J connectivity index is 2.12. The number of rotatable bonds is 10. The standard InChI is InChI=1S/C32H51N7/c1-8-9-10-28(14-13-25(4)29-15-17-35-18-16-29)22-37-32(33)38-31(39(7)34)27(6)21-36-30-20-24(3)12-11-23(2)19-26(30)5/h12-14,29,35-36H,2,10-11,15-22,34H2,1,3-7H3,(H3,33,37,38)/b24-12-,25-13+,28-14+,30-26+,31-27-. The molecule has 0 amide bonds. The molecular formula is C32H51N7. The third-order valence-corrected chi connectivity index (χ3v) is 7.29. The van der Waals surface area contributed by atoms with Gasteiger partial charge in [0, 0.05) is 38.7 Å². The van der Waals surface area contributed by atoms with Gasteiger partial charge < -0.3 is 21.7 Å². The maximum absolute atomic E-state index is 6.32. The lowest BCUT2D eigenvalue weighted by atomic mass is 9.90. The number of hydrazine groups is 1. The number of allylic oxidation sites excluding steroid dienone is 7. The average Bonchev–Trinajstić information content (AvgIpc) is 2.91. The Hall–Kier alpha value is -3.21. The number of nitrogens with zero attached hydrogens (tertiary/aromatic N) is 2. The third kappa shape index (κ3) is 11.6. The number of hydrogen-bond acceptors (Lipinski definition) is 5. The molecule has 0 radical (unpaired) electrons. The molecule has 7 heteroatoms. The Morgan fingerprint density at radius 3 is 2.59 bits per heavy atom. The fourth-order valence-corrected chi connectivity index (χ4v) is 4.78. The lowest BCUT2D eigenvalue weighted by Crippen LogP contribution is -2.36. The van der Waals surface area contributed by atoms with Crippen LogP contribution in [0.4, 0.5) is 0 Å². The number of aliphatic imine (C=N–C) groups is 1. The van der Waals surface area contributed by atoms with Crippen LogP contribution in [0.2, 0.25) is 0 Å². The van der Waals surface area contributed by atoms with Crippen molar-refractivity contribution in [3.05, 3.63) is 69.8 Å². The summed E-state index contributed by atoms with van der Waals surface area (Å²) in [7, 11) is 1.78. The first-order valence-corrected chi connectivity index (χ1v) is 14.1. The summed E-state index contributed by atoms with van der Waals surface area (Å²) in [5.41, 5.74) is 15.0. The minimum atomic E-state index is 0.326. The Bertz CT molecular complexity index is 1100. The van der Waals surface area contributed by atoms with Gasteiger partial charge in [-0.2, -0.15) is 4.99 Å². The van der Waals surface area contributed by atoms with E-state index >= 15 is 0 Å². The van der Waals surface area contributed by atoms with Crippen molar-refractivity contribution in [1.29, 1.82) is 0 Å². The largest absolute Gasteiger partial charge is 0.384 e. The lowest BCUT2D eigenvalue weighted by molar-refractivity contribution is 0.420. The van der Waals surface area contributed by atoms with Crippen LogP contribution in [0.5, 0.6) is 0 Å². The molecule has 1 heterocycles. The highest BCUT2D eigenvalue weighted by atomic mass is 15.4. The van der Waals surface area contributed by atoms with Gasteiger partial charge in [-0.25, -0.2) is 5.84 Å². The molecule has 0 aromatic carbocycles. The maximum Gasteiger partial charge on any atom is 0.195 e. The molecule has 39 heavy (non-hydrogen) atoms. The summed E-state index contributed by atoms with van der Waals surface area (Å²) >= 11 is 0. The summed E-state index contributed by atoms with van der Waals surface area (Å²) < 4.78 is 0. The van der Waals surface area contributed by atoms with E-state index in [0.717, 1.165) is 43.5 Å². The van der Waals surface area contributed by atoms with E-state index in [2.05, 4.69) is 78.4 Å². The summed E-state index contributed by atoms with van der Waals surface area (Å²) in [5, 5.41) is 11.8. The summed E-state index contributed by atoms with van der Waals surface area (Å²) in [4.78, 5) is 4.64. The van der Waals surface area contributed by atoms with Gasteiger partial charge in [0.25, 0.3) is 0 Å². The minimum Gasteiger partial charge on any atom is -0.384 e. The Morgan fingerprint density at radius 1 is 1.21 bits per heavy atom. The number of hydrogen-bond donors (Lipinski definition) is 5. The molecule has 0 bridgehead atoms. The Labute approximate surface area is 237 Å². The molecule has 2 aliphatic rings. The molecule has 1 aliphatic carbocycles. The van der Waals surface area contributed by atoms with E-state index in [9.17, 15) is 0 Å². The summed E-state index contributed by atoms with van der Waals surface area (Å²) in [6.07, 6.45) is 12.5. The van der Waals surface area contributed by atoms with Crippen LogP contribution in [0.25, 0.3) is 0 Å². The van der Waals surface area contributed by atoms with Crippen LogP contribution in [0.3, 0.4) is 0 Å². The van der Waals surface area contributed by atoms with Gasteiger partial charge in [0.15, 0.2) is 5.96 Å².